The third-order valence-electron chi connectivity index (χ3n) is 4.95. The molecule has 0 unspecified atom stereocenters. The molecule has 0 bridgehead atoms. The van der Waals surface area contributed by atoms with Crippen molar-refractivity contribution in [2.45, 2.75) is 16.7 Å². The Morgan fingerprint density at radius 3 is 2.34 bits per heavy atom. The first-order valence-electron chi connectivity index (χ1n) is 9.19. The zero-order valence-corrected chi connectivity index (χ0v) is 16.5. The molecular weight excluding hydrogens is 382 g/mol. The smallest absolute Gasteiger partial charge is 0.213 e. The Morgan fingerprint density at radius 1 is 0.793 bits per heavy atom. The summed E-state index contributed by atoms with van der Waals surface area (Å²) in [6.07, 6.45) is 3.28. The maximum atomic E-state index is 13.3. The fourth-order valence-electron chi connectivity index (χ4n) is 3.64. The van der Waals surface area contributed by atoms with E-state index in [2.05, 4.69) is 9.97 Å². The van der Waals surface area contributed by atoms with Crippen LogP contribution in [0.4, 0.5) is 17.3 Å². The molecule has 1 aliphatic rings. The third-order valence-corrected chi connectivity index (χ3v) is 6.73. The Balaban J connectivity index is 1.85. The number of benzene rings is 2. The van der Waals surface area contributed by atoms with E-state index >= 15 is 0 Å². The maximum absolute atomic E-state index is 13.3. The molecule has 0 aliphatic carbocycles. The first kappa shape index (κ1) is 17.6. The molecule has 0 amide bonds. The number of fused-ring (bicyclic) bond motifs is 2. The third kappa shape index (κ3) is 2.72. The van der Waals surface area contributed by atoms with Gasteiger partial charge in [0.15, 0.2) is 11.6 Å². The topological polar surface area (TPSA) is 63.2 Å². The van der Waals surface area contributed by atoms with Crippen LogP contribution in [0.5, 0.6) is 0 Å². The molecule has 142 valence electrons. The van der Waals surface area contributed by atoms with Gasteiger partial charge < -0.3 is 0 Å². The van der Waals surface area contributed by atoms with E-state index in [4.69, 9.17) is 0 Å². The fraction of sp³-hybridized carbons (Fsp3) is 0.0435. The van der Waals surface area contributed by atoms with Crippen molar-refractivity contribution < 1.29 is 8.42 Å². The van der Waals surface area contributed by atoms with Crippen molar-refractivity contribution in [3.05, 3.63) is 90.8 Å². The number of para-hydroxylation sites is 1. The summed E-state index contributed by atoms with van der Waals surface area (Å²) in [6.45, 7) is 1.84. The minimum Gasteiger partial charge on any atom is -0.276 e. The molecule has 2 aromatic heterocycles. The number of hydrogen-bond donors (Lipinski definition) is 0. The number of hydrogen-bond acceptors (Lipinski definition) is 5. The molecule has 0 spiro atoms. The number of sulfone groups is 1. The first-order chi connectivity index (χ1) is 14.1. The molecule has 0 fully saturated rings. The van der Waals surface area contributed by atoms with Crippen molar-refractivity contribution in [1.29, 1.82) is 0 Å². The zero-order chi connectivity index (χ0) is 20.0. The molecule has 2 aromatic carbocycles. The van der Waals surface area contributed by atoms with Gasteiger partial charge in [-0.05, 0) is 42.3 Å². The quantitative estimate of drug-likeness (QED) is 0.415. The first-order valence-corrected chi connectivity index (χ1v) is 10.7. The van der Waals surface area contributed by atoms with Gasteiger partial charge >= 0.3 is 0 Å². The highest BCUT2D eigenvalue weighted by Gasteiger charge is 2.37. The van der Waals surface area contributed by atoms with Crippen LogP contribution in [0.15, 0.2) is 95.0 Å². The summed E-state index contributed by atoms with van der Waals surface area (Å²) in [5.41, 5.74) is 3.61. The largest absolute Gasteiger partial charge is 0.276 e. The second-order valence-electron chi connectivity index (χ2n) is 6.88. The van der Waals surface area contributed by atoms with E-state index in [-0.39, 0.29) is 9.79 Å². The molecule has 6 heteroatoms. The van der Waals surface area contributed by atoms with Gasteiger partial charge in [0.25, 0.3) is 0 Å². The molecule has 0 radical (unpaired) electrons. The molecule has 3 heterocycles. The van der Waals surface area contributed by atoms with Gasteiger partial charge in [-0.3, -0.25) is 4.90 Å². The lowest BCUT2D eigenvalue weighted by molar-refractivity contribution is 0.593. The van der Waals surface area contributed by atoms with Crippen molar-refractivity contribution in [3.63, 3.8) is 0 Å². The minimum atomic E-state index is -3.71. The zero-order valence-electron chi connectivity index (χ0n) is 15.6. The summed E-state index contributed by atoms with van der Waals surface area (Å²) in [5.74, 6) is 0.727. The van der Waals surface area contributed by atoms with Gasteiger partial charge in [-0.15, -0.1) is 0 Å². The Labute approximate surface area is 169 Å². The Hall–Kier alpha value is -3.51. The average molecular weight is 399 g/mol. The monoisotopic (exact) mass is 399 g/mol. The van der Waals surface area contributed by atoms with E-state index in [1.165, 1.54) is 0 Å². The van der Waals surface area contributed by atoms with E-state index < -0.39 is 9.84 Å². The minimum absolute atomic E-state index is 0.183. The van der Waals surface area contributed by atoms with Gasteiger partial charge in [0.1, 0.15) is 9.79 Å². The second kappa shape index (κ2) is 6.53. The normalized spacial score (nSPS) is 14.2. The molecule has 5 rings (SSSR count). The molecule has 5 nitrogen and oxygen atoms in total. The lowest BCUT2D eigenvalue weighted by Gasteiger charge is -2.32. The van der Waals surface area contributed by atoms with Crippen LogP contribution in [0.2, 0.25) is 0 Å². The summed E-state index contributed by atoms with van der Waals surface area (Å²) in [6, 6.07) is 22.8. The van der Waals surface area contributed by atoms with E-state index in [0.29, 0.717) is 11.6 Å². The van der Waals surface area contributed by atoms with Gasteiger partial charge in [-0.2, -0.15) is 0 Å². The van der Waals surface area contributed by atoms with E-state index in [1.807, 2.05) is 66.4 Å². The molecule has 0 saturated carbocycles. The van der Waals surface area contributed by atoms with E-state index in [1.54, 1.807) is 30.6 Å². The van der Waals surface area contributed by atoms with Crippen molar-refractivity contribution in [2.24, 2.45) is 0 Å². The SMILES string of the molecule is Cc1cnc2c(c1)S(=O)(=O)c1cccnc1N2c1ccccc1-c1ccccc1. The van der Waals surface area contributed by atoms with Crippen molar-refractivity contribution in [3.8, 4) is 11.1 Å². The average Bonchev–Trinajstić information content (AvgIpc) is 2.75. The van der Waals surface area contributed by atoms with Gasteiger partial charge in [0, 0.05) is 18.0 Å². The predicted octanol–water partition coefficient (Wildman–Crippen LogP) is 5.07. The van der Waals surface area contributed by atoms with Crippen molar-refractivity contribution in [1.82, 2.24) is 9.97 Å². The Bertz CT molecular complexity index is 1340. The number of anilines is 3. The van der Waals surface area contributed by atoms with Crippen LogP contribution >= 0.6 is 0 Å². The molecule has 0 saturated heterocycles. The van der Waals surface area contributed by atoms with E-state index in [9.17, 15) is 8.42 Å². The summed E-state index contributed by atoms with van der Waals surface area (Å²) in [4.78, 5) is 11.2. The highest BCUT2D eigenvalue weighted by Crippen LogP contribution is 2.48. The van der Waals surface area contributed by atoms with Crippen molar-refractivity contribution >= 4 is 27.2 Å². The molecule has 1 aliphatic heterocycles. The van der Waals surface area contributed by atoms with Gasteiger partial charge in [-0.1, -0.05) is 48.5 Å². The number of rotatable bonds is 2. The van der Waals surface area contributed by atoms with Crippen LogP contribution in [0.1, 0.15) is 5.56 Å². The van der Waals surface area contributed by atoms with Gasteiger partial charge in [-0.25, -0.2) is 18.4 Å². The Morgan fingerprint density at radius 2 is 1.52 bits per heavy atom. The standard InChI is InChI=1S/C23H17N3O2S/c1-16-14-21-23(25-15-16)26(22-20(29(21,27)28)12-7-13-24-22)19-11-6-5-10-18(19)17-8-3-2-4-9-17/h2-15H,1H3. The molecule has 29 heavy (non-hydrogen) atoms. The van der Waals surface area contributed by atoms with Crippen molar-refractivity contribution in [2.75, 3.05) is 4.90 Å². The van der Waals surface area contributed by atoms with Crippen LogP contribution in [0.3, 0.4) is 0 Å². The summed E-state index contributed by atoms with van der Waals surface area (Å²) < 4.78 is 26.5. The van der Waals surface area contributed by atoms with Crippen LogP contribution in [-0.2, 0) is 9.84 Å². The number of nitrogens with zero attached hydrogens (tertiary/aromatic N) is 3. The fourth-order valence-corrected chi connectivity index (χ4v) is 5.24. The van der Waals surface area contributed by atoms with E-state index in [0.717, 1.165) is 22.4 Å². The molecular formula is C23H17N3O2S. The molecule has 4 aromatic rings. The second-order valence-corrected chi connectivity index (χ2v) is 8.77. The van der Waals surface area contributed by atoms with Crippen LogP contribution in [0, 0.1) is 6.92 Å². The number of pyridine rings is 2. The lowest BCUT2D eigenvalue weighted by Crippen LogP contribution is -2.25. The number of aryl methyl sites for hydroxylation is 1. The van der Waals surface area contributed by atoms with Gasteiger partial charge in [0.2, 0.25) is 9.84 Å². The maximum Gasteiger partial charge on any atom is 0.213 e. The van der Waals surface area contributed by atoms with Crippen LogP contribution in [-0.4, -0.2) is 18.4 Å². The van der Waals surface area contributed by atoms with Crippen LogP contribution in [0.25, 0.3) is 11.1 Å². The summed E-state index contributed by atoms with van der Waals surface area (Å²) in [5, 5.41) is 0. The lowest BCUT2D eigenvalue weighted by atomic mass is 10.0. The Kier molecular flexibility index (Phi) is 3.96. The highest BCUT2D eigenvalue weighted by atomic mass is 32.2. The van der Waals surface area contributed by atoms with Crippen LogP contribution < -0.4 is 4.90 Å². The summed E-state index contributed by atoms with van der Waals surface area (Å²) in [7, 11) is -3.71. The van der Waals surface area contributed by atoms with Gasteiger partial charge in [0.05, 0.1) is 5.69 Å². The number of aromatic nitrogens is 2. The molecule has 0 N–H and O–H groups in total. The predicted molar refractivity (Wildman–Crippen MR) is 112 cm³/mol. The highest BCUT2D eigenvalue weighted by molar-refractivity contribution is 7.92. The molecule has 0 atom stereocenters. The summed E-state index contributed by atoms with van der Waals surface area (Å²) >= 11 is 0.